The van der Waals surface area contributed by atoms with Gasteiger partial charge in [0.15, 0.2) is 11.1 Å². The van der Waals surface area contributed by atoms with Crippen molar-refractivity contribution in [2.45, 2.75) is 5.92 Å². The van der Waals surface area contributed by atoms with Crippen molar-refractivity contribution >= 4 is 34.1 Å². The lowest BCUT2D eigenvalue weighted by Crippen LogP contribution is -2.17. The van der Waals surface area contributed by atoms with E-state index in [0.717, 1.165) is 11.0 Å². The van der Waals surface area contributed by atoms with Crippen LogP contribution in [0, 0.1) is 11.3 Å². The molecule has 0 N–H and O–H groups in total. The Balaban J connectivity index is 1.88. The van der Waals surface area contributed by atoms with Gasteiger partial charge in [-0.25, -0.2) is 9.97 Å². The molecule has 1 aromatic carbocycles. The average Bonchev–Trinajstić information content (AvgIpc) is 3.13. The van der Waals surface area contributed by atoms with Gasteiger partial charge in [0.1, 0.15) is 17.2 Å². The molecule has 3 aromatic heterocycles. The zero-order valence-electron chi connectivity index (χ0n) is 13.2. The number of carbonyl (C=O) groups is 1. The predicted octanol–water partition coefficient (Wildman–Crippen LogP) is 3.36. The zero-order chi connectivity index (χ0) is 17.6. The van der Waals surface area contributed by atoms with E-state index in [1.54, 1.807) is 40.4 Å². The van der Waals surface area contributed by atoms with Crippen LogP contribution in [-0.2, 0) is 7.05 Å². The third kappa shape index (κ3) is 2.29. The number of benzene rings is 1. The van der Waals surface area contributed by atoms with Gasteiger partial charge in [0, 0.05) is 13.2 Å². The summed E-state index contributed by atoms with van der Waals surface area (Å²) in [5, 5.41) is 9.74. The molecule has 1 unspecified atom stereocenters. The van der Waals surface area contributed by atoms with E-state index in [4.69, 9.17) is 11.6 Å². The number of ketones is 1. The molecule has 25 heavy (non-hydrogen) atoms. The van der Waals surface area contributed by atoms with Gasteiger partial charge in [0.25, 0.3) is 0 Å². The van der Waals surface area contributed by atoms with Crippen molar-refractivity contribution in [2.24, 2.45) is 7.05 Å². The molecule has 0 saturated heterocycles. The molecule has 0 amide bonds. The second-order valence-corrected chi connectivity index (χ2v) is 5.98. The molecule has 3 heterocycles. The van der Waals surface area contributed by atoms with Crippen molar-refractivity contribution in [3.05, 3.63) is 65.3 Å². The number of rotatable bonds is 3. The van der Waals surface area contributed by atoms with E-state index < -0.39 is 11.7 Å². The Kier molecular flexibility index (Phi) is 3.52. The van der Waals surface area contributed by atoms with Gasteiger partial charge >= 0.3 is 0 Å². The number of aromatic nitrogens is 4. The number of pyridine rings is 1. The Morgan fingerprint density at radius 1 is 1.20 bits per heavy atom. The lowest BCUT2D eigenvalue weighted by molar-refractivity contribution is 0.0970. The first kappa shape index (κ1) is 15.4. The highest BCUT2D eigenvalue weighted by Crippen LogP contribution is 2.27. The van der Waals surface area contributed by atoms with Crippen LogP contribution < -0.4 is 0 Å². The molecule has 122 valence electrons. The van der Waals surface area contributed by atoms with Crippen LogP contribution in [0.4, 0.5) is 0 Å². The fraction of sp³-hybridized carbons (Fsp3) is 0.111. The van der Waals surface area contributed by atoms with Crippen LogP contribution >= 0.6 is 11.6 Å². The highest BCUT2D eigenvalue weighted by molar-refractivity contribution is 6.33. The van der Waals surface area contributed by atoms with Crippen LogP contribution in [0.3, 0.4) is 0 Å². The maximum Gasteiger partial charge on any atom is 0.207 e. The molecule has 0 saturated carbocycles. The SMILES string of the molecule is Cn1c(C(C#N)C(=O)c2c(Cl)nc3ccccn23)nc2ccccc21. The quantitative estimate of drug-likeness (QED) is 0.531. The largest absolute Gasteiger partial charge is 0.330 e. The predicted molar refractivity (Wildman–Crippen MR) is 93.6 cm³/mol. The van der Waals surface area contributed by atoms with Crippen molar-refractivity contribution in [3.63, 3.8) is 0 Å². The summed E-state index contributed by atoms with van der Waals surface area (Å²) in [7, 11) is 1.79. The molecular weight excluding hydrogens is 338 g/mol. The fourth-order valence-electron chi connectivity index (χ4n) is 2.98. The summed E-state index contributed by atoms with van der Waals surface area (Å²) in [6.45, 7) is 0. The number of hydrogen-bond donors (Lipinski definition) is 0. The molecule has 0 aliphatic heterocycles. The minimum absolute atomic E-state index is 0.0789. The van der Waals surface area contributed by atoms with Gasteiger partial charge in [-0.2, -0.15) is 5.26 Å². The van der Waals surface area contributed by atoms with Crippen LogP contribution in [0.5, 0.6) is 0 Å². The number of imidazole rings is 2. The Morgan fingerprint density at radius 3 is 2.72 bits per heavy atom. The number of nitrogens with zero attached hydrogens (tertiary/aromatic N) is 5. The van der Waals surface area contributed by atoms with E-state index in [2.05, 4.69) is 16.0 Å². The van der Waals surface area contributed by atoms with Gasteiger partial charge < -0.3 is 4.57 Å². The molecule has 1 atom stereocenters. The van der Waals surface area contributed by atoms with Crippen LogP contribution in [0.1, 0.15) is 22.2 Å². The summed E-state index contributed by atoms with van der Waals surface area (Å²) < 4.78 is 3.36. The van der Waals surface area contributed by atoms with Gasteiger partial charge in [-0.15, -0.1) is 0 Å². The molecule has 7 heteroatoms. The van der Waals surface area contributed by atoms with E-state index in [0.29, 0.717) is 11.5 Å². The van der Waals surface area contributed by atoms with Crippen LogP contribution in [0.15, 0.2) is 48.7 Å². The van der Waals surface area contributed by atoms with E-state index in [-0.39, 0.29) is 10.8 Å². The highest BCUT2D eigenvalue weighted by Gasteiger charge is 2.31. The monoisotopic (exact) mass is 349 g/mol. The number of nitriles is 1. The molecule has 0 aliphatic carbocycles. The second-order valence-electron chi connectivity index (χ2n) is 5.62. The zero-order valence-corrected chi connectivity index (χ0v) is 14.0. The summed E-state index contributed by atoms with van der Waals surface area (Å²) in [6.07, 6.45) is 1.70. The molecule has 0 radical (unpaired) electrons. The van der Waals surface area contributed by atoms with Crippen LogP contribution in [0.25, 0.3) is 16.7 Å². The van der Waals surface area contributed by atoms with Crippen molar-refractivity contribution in [3.8, 4) is 6.07 Å². The maximum atomic E-state index is 13.1. The minimum Gasteiger partial charge on any atom is -0.330 e. The van der Waals surface area contributed by atoms with Gasteiger partial charge in [-0.1, -0.05) is 29.8 Å². The highest BCUT2D eigenvalue weighted by atomic mass is 35.5. The molecule has 0 bridgehead atoms. The molecule has 0 fully saturated rings. The number of aryl methyl sites for hydroxylation is 1. The van der Waals surface area contributed by atoms with E-state index >= 15 is 0 Å². The van der Waals surface area contributed by atoms with Crippen molar-refractivity contribution in [2.75, 3.05) is 0 Å². The molecule has 4 rings (SSSR count). The van der Waals surface area contributed by atoms with E-state index in [1.807, 2.05) is 24.3 Å². The second kappa shape index (κ2) is 5.72. The number of para-hydroxylation sites is 2. The van der Waals surface area contributed by atoms with Crippen LogP contribution in [-0.4, -0.2) is 24.7 Å². The first-order chi connectivity index (χ1) is 12.1. The molecule has 6 nitrogen and oxygen atoms in total. The minimum atomic E-state index is -1.07. The summed E-state index contributed by atoms with van der Waals surface area (Å²) in [4.78, 5) is 21.7. The number of carbonyl (C=O) groups excluding carboxylic acids is 1. The third-order valence-electron chi connectivity index (χ3n) is 4.19. The van der Waals surface area contributed by atoms with E-state index in [1.165, 1.54) is 0 Å². The van der Waals surface area contributed by atoms with Crippen molar-refractivity contribution in [1.29, 1.82) is 5.26 Å². The standard InChI is InChI=1S/C18H12ClN5O/c1-23-13-7-3-2-6-12(13)21-18(23)11(10-20)16(25)15-17(19)22-14-8-4-5-9-24(14)15/h2-9,11H,1H3. The Morgan fingerprint density at radius 2 is 1.96 bits per heavy atom. The summed E-state index contributed by atoms with van der Waals surface area (Å²) in [5.41, 5.74) is 2.33. The Bertz CT molecular complexity index is 1170. The first-order valence-electron chi connectivity index (χ1n) is 7.59. The topological polar surface area (TPSA) is 76.0 Å². The number of halogens is 1. The fourth-order valence-corrected chi connectivity index (χ4v) is 3.25. The van der Waals surface area contributed by atoms with Crippen molar-refractivity contribution < 1.29 is 4.79 Å². The van der Waals surface area contributed by atoms with Gasteiger partial charge in [0.05, 0.1) is 17.1 Å². The maximum absolute atomic E-state index is 13.1. The molecule has 0 aliphatic rings. The van der Waals surface area contributed by atoms with Gasteiger partial charge in [0.2, 0.25) is 5.78 Å². The van der Waals surface area contributed by atoms with Crippen LogP contribution in [0.2, 0.25) is 5.15 Å². The number of fused-ring (bicyclic) bond motifs is 2. The summed E-state index contributed by atoms with van der Waals surface area (Å²) >= 11 is 6.18. The Hall–Kier alpha value is -3.17. The average molecular weight is 350 g/mol. The normalized spacial score (nSPS) is 12.4. The molecular formula is C18H12ClN5O. The lowest BCUT2D eigenvalue weighted by Gasteiger charge is -2.09. The third-order valence-corrected chi connectivity index (χ3v) is 4.46. The molecule has 4 aromatic rings. The van der Waals surface area contributed by atoms with Gasteiger partial charge in [-0.3, -0.25) is 9.20 Å². The summed E-state index contributed by atoms with van der Waals surface area (Å²) in [6, 6.07) is 14.9. The Labute approximate surface area is 147 Å². The number of Topliss-reactive ketones (excluding diaryl/α,β-unsaturated/α-hetero) is 1. The van der Waals surface area contributed by atoms with Gasteiger partial charge in [-0.05, 0) is 24.3 Å². The first-order valence-corrected chi connectivity index (χ1v) is 7.97. The number of hydrogen-bond acceptors (Lipinski definition) is 4. The smallest absolute Gasteiger partial charge is 0.207 e. The summed E-state index contributed by atoms with van der Waals surface area (Å²) in [5.74, 6) is -1.12. The van der Waals surface area contributed by atoms with Crippen molar-refractivity contribution in [1.82, 2.24) is 18.9 Å². The molecule has 0 spiro atoms. The lowest BCUT2D eigenvalue weighted by atomic mass is 10.0. The van der Waals surface area contributed by atoms with E-state index in [9.17, 15) is 10.1 Å².